The zero-order valence-corrected chi connectivity index (χ0v) is 17.2. The summed E-state index contributed by atoms with van der Waals surface area (Å²) in [6.07, 6.45) is 4.81. The van der Waals surface area contributed by atoms with E-state index in [-0.39, 0.29) is 17.9 Å². The number of hydrogen-bond donors (Lipinski definition) is 2. The van der Waals surface area contributed by atoms with E-state index in [1.165, 1.54) is 0 Å². The lowest BCUT2D eigenvalue weighted by atomic mass is 9.88. The number of carbonyl (C=O) groups is 2. The standard InChI is InChI=1S/C25H24N2O4/c28-23-9-7-20(25(29)27-23)21-15-31-22-8-6-18-16(3-1-5-19(18)24(21)22)4-2-14-30-17-10-12-26-13-11-17/h1,3,5-6,8,15,17,20,26H,7,9-14H2,(H,27,28,29). The molecule has 1 atom stereocenters. The van der Waals surface area contributed by atoms with Crippen LogP contribution in [0.2, 0.25) is 0 Å². The molecular weight excluding hydrogens is 392 g/mol. The van der Waals surface area contributed by atoms with Gasteiger partial charge in [0, 0.05) is 22.9 Å². The van der Waals surface area contributed by atoms with Crippen LogP contribution in [-0.2, 0) is 14.3 Å². The summed E-state index contributed by atoms with van der Waals surface area (Å²) in [5.41, 5.74) is 2.47. The minimum absolute atomic E-state index is 0.219. The Kier molecular flexibility index (Phi) is 5.46. The number of hydrogen-bond acceptors (Lipinski definition) is 5. The molecule has 31 heavy (non-hydrogen) atoms. The number of furan rings is 1. The van der Waals surface area contributed by atoms with Crippen molar-refractivity contribution < 1.29 is 18.7 Å². The van der Waals surface area contributed by atoms with Gasteiger partial charge in [0.05, 0.1) is 18.3 Å². The molecule has 2 aliphatic rings. The predicted molar refractivity (Wildman–Crippen MR) is 118 cm³/mol. The van der Waals surface area contributed by atoms with E-state index in [0.29, 0.717) is 19.4 Å². The fraction of sp³-hybridized carbons (Fsp3) is 0.360. The summed E-state index contributed by atoms with van der Waals surface area (Å²) in [7, 11) is 0. The maximum Gasteiger partial charge on any atom is 0.234 e. The van der Waals surface area contributed by atoms with Gasteiger partial charge in [-0.15, -0.1) is 0 Å². The molecule has 5 rings (SSSR count). The molecule has 2 fully saturated rings. The second kappa shape index (κ2) is 8.54. The van der Waals surface area contributed by atoms with Gasteiger partial charge in [-0.05, 0) is 61.3 Å². The summed E-state index contributed by atoms with van der Waals surface area (Å²) in [5.74, 6) is 5.54. The average molecular weight is 416 g/mol. The van der Waals surface area contributed by atoms with Crippen molar-refractivity contribution in [1.29, 1.82) is 0 Å². The number of piperidine rings is 2. The summed E-state index contributed by atoms with van der Waals surface area (Å²) in [6, 6.07) is 9.92. The lowest BCUT2D eigenvalue weighted by molar-refractivity contribution is -0.134. The Balaban J connectivity index is 1.46. The van der Waals surface area contributed by atoms with Gasteiger partial charge in [-0.2, -0.15) is 0 Å². The fourth-order valence-corrected chi connectivity index (χ4v) is 4.53. The molecule has 2 N–H and O–H groups in total. The van der Waals surface area contributed by atoms with Crippen molar-refractivity contribution in [2.45, 2.75) is 37.7 Å². The number of imide groups is 1. The van der Waals surface area contributed by atoms with Gasteiger partial charge >= 0.3 is 0 Å². The van der Waals surface area contributed by atoms with Gasteiger partial charge in [-0.1, -0.05) is 24.0 Å². The molecule has 2 aromatic carbocycles. The van der Waals surface area contributed by atoms with Crippen molar-refractivity contribution in [1.82, 2.24) is 10.6 Å². The van der Waals surface area contributed by atoms with Crippen LogP contribution in [-0.4, -0.2) is 37.6 Å². The predicted octanol–water partition coefficient (Wildman–Crippen LogP) is 3.23. The summed E-state index contributed by atoms with van der Waals surface area (Å²) in [4.78, 5) is 24.0. The molecule has 1 unspecified atom stereocenters. The van der Waals surface area contributed by atoms with Gasteiger partial charge in [0.25, 0.3) is 0 Å². The number of amides is 2. The van der Waals surface area contributed by atoms with Crippen molar-refractivity contribution >= 4 is 33.6 Å². The topological polar surface area (TPSA) is 80.6 Å². The van der Waals surface area contributed by atoms with Crippen LogP contribution in [0.4, 0.5) is 0 Å². The largest absolute Gasteiger partial charge is 0.464 e. The molecule has 0 bridgehead atoms. The molecule has 0 saturated carbocycles. The lowest BCUT2D eigenvalue weighted by Crippen LogP contribution is -2.39. The van der Waals surface area contributed by atoms with Crippen LogP contribution in [0.5, 0.6) is 0 Å². The molecule has 2 saturated heterocycles. The third kappa shape index (κ3) is 3.95. The first-order valence-electron chi connectivity index (χ1n) is 10.8. The van der Waals surface area contributed by atoms with Gasteiger partial charge in [-0.25, -0.2) is 0 Å². The van der Waals surface area contributed by atoms with Crippen LogP contribution in [0.3, 0.4) is 0 Å². The quantitative estimate of drug-likeness (QED) is 0.506. The van der Waals surface area contributed by atoms with E-state index in [1.807, 2.05) is 30.3 Å². The van der Waals surface area contributed by atoms with E-state index in [1.54, 1.807) is 6.26 Å². The molecule has 1 aromatic heterocycles. The Morgan fingerprint density at radius 2 is 1.94 bits per heavy atom. The number of benzene rings is 2. The zero-order chi connectivity index (χ0) is 21.2. The van der Waals surface area contributed by atoms with Gasteiger partial charge in [0.1, 0.15) is 12.2 Å². The highest BCUT2D eigenvalue weighted by Crippen LogP contribution is 2.37. The average Bonchev–Trinajstić information content (AvgIpc) is 3.22. The Labute approximate surface area is 180 Å². The molecule has 6 nitrogen and oxygen atoms in total. The fourth-order valence-electron chi connectivity index (χ4n) is 4.53. The SMILES string of the molecule is O=C1CCC(c2coc3ccc4c(C#CCOC5CCNCC5)cccc4c23)C(=O)N1. The minimum Gasteiger partial charge on any atom is -0.464 e. The van der Waals surface area contributed by atoms with E-state index in [0.717, 1.165) is 58.8 Å². The summed E-state index contributed by atoms with van der Waals surface area (Å²) >= 11 is 0. The second-order valence-electron chi connectivity index (χ2n) is 8.10. The van der Waals surface area contributed by atoms with Gasteiger partial charge < -0.3 is 14.5 Å². The molecule has 2 aliphatic heterocycles. The Hall–Kier alpha value is -3.14. The highest BCUT2D eigenvalue weighted by Gasteiger charge is 2.31. The summed E-state index contributed by atoms with van der Waals surface area (Å²) in [6.45, 7) is 2.41. The van der Waals surface area contributed by atoms with E-state index in [4.69, 9.17) is 9.15 Å². The summed E-state index contributed by atoms with van der Waals surface area (Å²) < 4.78 is 11.7. The molecule has 6 heteroatoms. The third-order valence-electron chi connectivity index (χ3n) is 6.14. The minimum atomic E-state index is -0.391. The van der Waals surface area contributed by atoms with Crippen molar-refractivity contribution in [3.05, 3.63) is 47.7 Å². The van der Waals surface area contributed by atoms with E-state index in [9.17, 15) is 9.59 Å². The maximum absolute atomic E-state index is 12.4. The number of nitrogens with one attached hydrogen (secondary N) is 2. The van der Waals surface area contributed by atoms with Crippen LogP contribution in [0.15, 0.2) is 41.0 Å². The van der Waals surface area contributed by atoms with Crippen LogP contribution in [0.1, 0.15) is 42.7 Å². The van der Waals surface area contributed by atoms with Gasteiger partial charge in [0.2, 0.25) is 11.8 Å². The van der Waals surface area contributed by atoms with Gasteiger partial charge in [-0.3, -0.25) is 14.9 Å². The van der Waals surface area contributed by atoms with E-state index >= 15 is 0 Å². The Morgan fingerprint density at radius 1 is 1.06 bits per heavy atom. The molecule has 2 amide bonds. The molecule has 158 valence electrons. The first kappa shape index (κ1) is 19.8. The molecule has 0 radical (unpaired) electrons. The van der Waals surface area contributed by atoms with Crippen LogP contribution >= 0.6 is 0 Å². The molecule has 0 spiro atoms. The van der Waals surface area contributed by atoms with Crippen molar-refractivity contribution in [3.8, 4) is 11.8 Å². The Morgan fingerprint density at radius 3 is 2.77 bits per heavy atom. The number of ether oxygens (including phenoxy) is 1. The first-order valence-corrected chi connectivity index (χ1v) is 10.8. The monoisotopic (exact) mass is 416 g/mol. The van der Waals surface area contributed by atoms with Gasteiger partial charge in [0.15, 0.2) is 0 Å². The highest BCUT2D eigenvalue weighted by molar-refractivity contribution is 6.11. The van der Waals surface area contributed by atoms with Crippen molar-refractivity contribution in [2.24, 2.45) is 0 Å². The highest BCUT2D eigenvalue weighted by atomic mass is 16.5. The second-order valence-corrected chi connectivity index (χ2v) is 8.10. The lowest BCUT2D eigenvalue weighted by Gasteiger charge is -2.21. The number of carbonyl (C=O) groups excluding carboxylic acids is 2. The number of rotatable bonds is 3. The number of fused-ring (bicyclic) bond motifs is 3. The molecule has 3 aromatic rings. The normalized spacial score (nSPS) is 19.9. The molecule has 0 aliphatic carbocycles. The van der Waals surface area contributed by atoms with Crippen LogP contribution in [0.25, 0.3) is 21.7 Å². The van der Waals surface area contributed by atoms with Crippen LogP contribution < -0.4 is 10.6 Å². The van der Waals surface area contributed by atoms with Crippen molar-refractivity contribution in [2.75, 3.05) is 19.7 Å². The first-order chi connectivity index (χ1) is 15.2. The maximum atomic E-state index is 12.4. The molecule has 3 heterocycles. The molecular formula is C25H24N2O4. The van der Waals surface area contributed by atoms with E-state index < -0.39 is 5.92 Å². The zero-order valence-electron chi connectivity index (χ0n) is 17.2. The third-order valence-corrected chi connectivity index (χ3v) is 6.14. The Bertz CT molecular complexity index is 1210. The summed E-state index contributed by atoms with van der Waals surface area (Å²) in [5, 5.41) is 8.70. The van der Waals surface area contributed by atoms with Crippen LogP contribution in [0, 0.1) is 11.8 Å². The van der Waals surface area contributed by atoms with E-state index in [2.05, 4.69) is 22.5 Å². The smallest absolute Gasteiger partial charge is 0.234 e. The van der Waals surface area contributed by atoms with Crippen molar-refractivity contribution in [3.63, 3.8) is 0 Å².